The molecule has 0 saturated heterocycles. The predicted octanol–water partition coefficient (Wildman–Crippen LogP) is 1.82. The minimum Gasteiger partial charge on any atom is -0.375 e. The van der Waals surface area contributed by atoms with E-state index in [0.717, 1.165) is 5.57 Å². The molecule has 4 nitrogen and oxygen atoms in total. The summed E-state index contributed by atoms with van der Waals surface area (Å²) in [7, 11) is 0. The molecule has 0 saturated carbocycles. The van der Waals surface area contributed by atoms with Gasteiger partial charge in [-0.1, -0.05) is 6.08 Å². The monoisotopic (exact) mass is 182 g/mol. The Morgan fingerprint density at radius 3 is 2.38 bits per heavy atom. The molecular weight excluding hydrogens is 168 g/mol. The van der Waals surface area contributed by atoms with E-state index < -0.39 is 0 Å². The third-order valence-corrected chi connectivity index (χ3v) is 2.00. The molecule has 1 N–H and O–H groups in total. The molecule has 0 amide bonds. The number of nitro groups is 1. The number of allylic oxidation sites excluding steroid dienone is 2. The number of nitrogens with zero attached hydrogens (tertiary/aromatic N) is 1. The van der Waals surface area contributed by atoms with Gasteiger partial charge in [0, 0.05) is 5.57 Å². The first-order chi connectivity index (χ1) is 5.83. The molecule has 0 aromatic carbocycles. The summed E-state index contributed by atoms with van der Waals surface area (Å²) in [6, 6.07) is 0. The van der Waals surface area contributed by atoms with Crippen molar-refractivity contribution in [1.82, 2.24) is 5.32 Å². The number of dihydropyridines is 1. The van der Waals surface area contributed by atoms with Crippen LogP contribution in [0.25, 0.3) is 0 Å². The molecule has 1 aliphatic heterocycles. The van der Waals surface area contributed by atoms with Crippen molar-refractivity contribution in [3.05, 3.63) is 33.2 Å². The minimum absolute atomic E-state index is 0.187. The first kappa shape index (κ1) is 9.77. The standard InChI is InChI=1S/C9H14N2O2/c1-6-5-9(3,4)10-7(2)8(6)11(12)13/h5,10H,1-4H3. The van der Waals surface area contributed by atoms with Gasteiger partial charge < -0.3 is 5.32 Å². The summed E-state index contributed by atoms with van der Waals surface area (Å²) in [6.45, 7) is 7.47. The molecule has 13 heavy (non-hydrogen) atoms. The van der Waals surface area contributed by atoms with Gasteiger partial charge in [-0.05, 0) is 27.7 Å². The predicted molar refractivity (Wildman–Crippen MR) is 50.7 cm³/mol. The first-order valence-electron chi connectivity index (χ1n) is 4.17. The highest BCUT2D eigenvalue weighted by molar-refractivity contribution is 5.34. The van der Waals surface area contributed by atoms with Crippen LogP contribution in [0.15, 0.2) is 23.0 Å². The third kappa shape index (κ3) is 1.88. The molecule has 0 unspecified atom stereocenters. The van der Waals surface area contributed by atoms with Gasteiger partial charge in [0.2, 0.25) is 0 Å². The van der Waals surface area contributed by atoms with Crippen LogP contribution in [0.2, 0.25) is 0 Å². The van der Waals surface area contributed by atoms with Crippen molar-refractivity contribution in [2.75, 3.05) is 0 Å². The maximum Gasteiger partial charge on any atom is 0.290 e. The van der Waals surface area contributed by atoms with E-state index in [0.29, 0.717) is 5.70 Å². The summed E-state index contributed by atoms with van der Waals surface area (Å²) in [6.07, 6.45) is 1.87. The highest BCUT2D eigenvalue weighted by Crippen LogP contribution is 2.24. The van der Waals surface area contributed by atoms with Crippen LogP contribution >= 0.6 is 0 Å². The van der Waals surface area contributed by atoms with Crippen molar-refractivity contribution in [3.63, 3.8) is 0 Å². The lowest BCUT2D eigenvalue weighted by atomic mass is 9.95. The Balaban J connectivity index is 3.13. The quantitative estimate of drug-likeness (QED) is 0.497. The van der Waals surface area contributed by atoms with Crippen molar-refractivity contribution < 1.29 is 4.92 Å². The second-order valence-corrected chi connectivity index (χ2v) is 3.90. The molecule has 0 aromatic rings. The van der Waals surface area contributed by atoms with Gasteiger partial charge in [0.05, 0.1) is 16.2 Å². The number of rotatable bonds is 1. The third-order valence-electron chi connectivity index (χ3n) is 2.00. The van der Waals surface area contributed by atoms with Gasteiger partial charge in [-0.3, -0.25) is 10.1 Å². The molecule has 0 radical (unpaired) electrons. The van der Waals surface area contributed by atoms with Gasteiger partial charge in [0.1, 0.15) is 0 Å². The highest BCUT2D eigenvalue weighted by Gasteiger charge is 2.28. The average molecular weight is 182 g/mol. The normalized spacial score (nSPS) is 20.8. The smallest absolute Gasteiger partial charge is 0.290 e. The molecule has 0 atom stereocenters. The fourth-order valence-electron chi connectivity index (χ4n) is 1.76. The Kier molecular flexibility index (Phi) is 2.15. The first-order valence-corrected chi connectivity index (χ1v) is 4.17. The summed E-state index contributed by atoms with van der Waals surface area (Å²) in [4.78, 5) is 10.3. The lowest BCUT2D eigenvalue weighted by Gasteiger charge is -2.28. The van der Waals surface area contributed by atoms with Crippen LogP contribution in [0.5, 0.6) is 0 Å². The van der Waals surface area contributed by atoms with Crippen molar-refractivity contribution in [2.24, 2.45) is 0 Å². The molecule has 1 aliphatic rings. The molecule has 0 spiro atoms. The van der Waals surface area contributed by atoms with Gasteiger partial charge in [0.25, 0.3) is 5.70 Å². The topological polar surface area (TPSA) is 55.2 Å². The molecule has 72 valence electrons. The Labute approximate surface area is 77.5 Å². The van der Waals surface area contributed by atoms with Crippen LogP contribution in [0.1, 0.15) is 27.7 Å². The second-order valence-electron chi connectivity index (χ2n) is 3.90. The van der Waals surface area contributed by atoms with Gasteiger partial charge in [0.15, 0.2) is 0 Å². The molecule has 1 rings (SSSR count). The molecule has 4 heteroatoms. The summed E-state index contributed by atoms with van der Waals surface area (Å²) in [5, 5.41) is 13.7. The molecule has 1 heterocycles. The Morgan fingerprint density at radius 1 is 1.46 bits per heavy atom. The van der Waals surface area contributed by atoms with E-state index >= 15 is 0 Å². The van der Waals surface area contributed by atoms with Gasteiger partial charge in [-0.15, -0.1) is 0 Å². The van der Waals surface area contributed by atoms with E-state index in [1.54, 1.807) is 13.8 Å². The SMILES string of the molecule is CC1=CC(C)(C)NC(C)=C1[N+](=O)[O-]. The highest BCUT2D eigenvalue weighted by atomic mass is 16.6. The minimum atomic E-state index is -0.344. The summed E-state index contributed by atoms with van der Waals surface area (Å²) >= 11 is 0. The van der Waals surface area contributed by atoms with E-state index in [-0.39, 0.29) is 16.2 Å². The molecule has 0 fully saturated rings. The number of nitrogens with one attached hydrogen (secondary N) is 1. The largest absolute Gasteiger partial charge is 0.375 e. The van der Waals surface area contributed by atoms with Crippen LogP contribution in [0, 0.1) is 10.1 Å². The zero-order valence-electron chi connectivity index (χ0n) is 8.34. The lowest BCUT2D eigenvalue weighted by molar-refractivity contribution is -0.422. The fraction of sp³-hybridized carbons (Fsp3) is 0.556. The average Bonchev–Trinajstić information content (AvgIpc) is 1.78. The van der Waals surface area contributed by atoms with Crippen LogP contribution < -0.4 is 5.32 Å². The van der Waals surface area contributed by atoms with Crippen LogP contribution in [-0.2, 0) is 0 Å². The Hall–Kier alpha value is -1.32. The van der Waals surface area contributed by atoms with Gasteiger partial charge >= 0.3 is 0 Å². The van der Waals surface area contributed by atoms with E-state index in [1.807, 2.05) is 19.9 Å². The van der Waals surface area contributed by atoms with Gasteiger partial charge in [-0.25, -0.2) is 0 Å². The van der Waals surface area contributed by atoms with E-state index in [2.05, 4.69) is 5.32 Å². The van der Waals surface area contributed by atoms with Crippen molar-refractivity contribution in [3.8, 4) is 0 Å². The number of hydrogen-bond donors (Lipinski definition) is 1. The Bertz CT molecular complexity index is 314. The van der Waals surface area contributed by atoms with Crippen molar-refractivity contribution in [1.29, 1.82) is 0 Å². The van der Waals surface area contributed by atoms with Crippen LogP contribution in [0.3, 0.4) is 0 Å². The maximum atomic E-state index is 10.7. The van der Waals surface area contributed by atoms with E-state index in [4.69, 9.17) is 0 Å². The van der Waals surface area contributed by atoms with Gasteiger partial charge in [-0.2, -0.15) is 0 Å². The lowest BCUT2D eigenvalue weighted by Crippen LogP contribution is -2.40. The van der Waals surface area contributed by atoms with Crippen molar-refractivity contribution in [2.45, 2.75) is 33.2 Å². The van der Waals surface area contributed by atoms with E-state index in [9.17, 15) is 10.1 Å². The van der Waals surface area contributed by atoms with Crippen LogP contribution in [0.4, 0.5) is 0 Å². The summed E-state index contributed by atoms with van der Waals surface area (Å²) in [5.41, 5.74) is 1.37. The molecular formula is C9H14N2O2. The van der Waals surface area contributed by atoms with Crippen molar-refractivity contribution >= 4 is 0 Å². The summed E-state index contributed by atoms with van der Waals surface area (Å²) < 4.78 is 0. The number of hydrogen-bond acceptors (Lipinski definition) is 3. The zero-order valence-corrected chi connectivity index (χ0v) is 8.34. The fourth-order valence-corrected chi connectivity index (χ4v) is 1.76. The molecule has 0 bridgehead atoms. The van der Waals surface area contributed by atoms with E-state index in [1.165, 1.54) is 0 Å². The maximum absolute atomic E-state index is 10.7. The molecule has 0 aliphatic carbocycles. The van der Waals surface area contributed by atoms with Crippen LogP contribution in [-0.4, -0.2) is 10.5 Å². The second kappa shape index (κ2) is 2.87. The summed E-state index contributed by atoms with van der Waals surface area (Å²) in [5.74, 6) is 0. The zero-order chi connectivity index (χ0) is 10.2. The molecule has 0 aromatic heterocycles. The Morgan fingerprint density at radius 2 is 2.00 bits per heavy atom.